The van der Waals surface area contributed by atoms with Crippen molar-refractivity contribution < 1.29 is 8.42 Å². The number of hydrogen-bond donors (Lipinski definition) is 3. The zero-order chi connectivity index (χ0) is 14.1. The van der Waals surface area contributed by atoms with E-state index in [1.165, 1.54) is 0 Å². The third-order valence-electron chi connectivity index (χ3n) is 3.58. The van der Waals surface area contributed by atoms with Gasteiger partial charge in [-0.1, -0.05) is 20.8 Å². The van der Waals surface area contributed by atoms with E-state index in [9.17, 15) is 8.42 Å². The zero-order valence-electron chi connectivity index (χ0n) is 11.8. The van der Waals surface area contributed by atoms with Crippen LogP contribution >= 0.6 is 0 Å². The maximum atomic E-state index is 12.2. The predicted molar refractivity (Wildman–Crippen MR) is 75.3 cm³/mol. The summed E-state index contributed by atoms with van der Waals surface area (Å²) in [7, 11) is -3.39. The smallest absolute Gasteiger partial charge is 0.242 e. The van der Waals surface area contributed by atoms with Crippen molar-refractivity contribution >= 4 is 10.0 Å². The molecule has 0 saturated heterocycles. The van der Waals surface area contributed by atoms with Gasteiger partial charge in [0, 0.05) is 24.5 Å². The summed E-state index contributed by atoms with van der Waals surface area (Å²) in [6, 6.07) is 1.76. The molecular weight excluding hydrogens is 262 g/mol. The first-order chi connectivity index (χ1) is 8.85. The lowest BCUT2D eigenvalue weighted by Gasteiger charge is -2.06. The van der Waals surface area contributed by atoms with Crippen molar-refractivity contribution in [3.05, 3.63) is 18.0 Å². The van der Waals surface area contributed by atoms with E-state index in [-0.39, 0.29) is 11.5 Å². The van der Waals surface area contributed by atoms with Gasteiger partial charge in [-0.25, -0.2) is 13.1 Å². The number of sulfonamides is 1. The molecule has 108 valence electrons. The highest BCUT2D eigenvalue weighted by Crippen LogP contribution is 2.45. The molecule has 1 saturated carbocycles. The summed E-state index contributed by atoms with van der Waals surface area (Å²) in [5.74, 6) is 0. The molecule has 19 heavy (non-hydrogen) atoms. The summed E-state index contributed by atoms with van der Waals surface area (Å²) in [4.78, 5) is 3.33. The average Bonchev–Trinajstić information content (AvgIpc) is 2.77. The minimum Gasteiger partial charge on any atom is -0.363 e. The van der Waals surface area contributed by atoms with Crippen molar-refractivity contribution in [2.45, 2.75) is 51.1 Å². The highest BCUT2D eigenvalue weighted by Gasteiger charge is 2.47. The Morgan fingerprint density at radius 1 is 1.47 bits per heavy atom. The molecule has 3 N–H and O–H groups in total. The minimum atomic E-state index is -3.39. The fourth-order valence-electron chi connectivity index (χ4n) is 2.00. The second-order valence-corrected chi connectivity index (χ2v) is 7.62. The van der Waals surface area contributed by atoms with Crippen LogP contribution in [0.15, 0.2) is 17.2 Å². The molecule has 1 unspecified atom stereocenters. The molecule has 1 heterocycles. The van der Waals surface area contributed by atoms with Crippen LogP contribution in [0.25, 0.3) is 0 Å². The molecule has 1 aromatic rings. The van der Waals surface area contributed by atoms with E-state index < -0.39 is 10.0 Å². The first-order valence-corrected chi connectivity index (χ1v) is 8.24. The Morgan fingerprint density at radius 2 is 2.16 bits per heavy atom. The molecule has 5 nitrogen and oxygen atoms in total. The van der Waals surface area contributed by atoms with E-state index >= 15 is 0 Å². The third-order valence-corrected chi connectivity index (χ3v) is 5.03. The molecule has 0 amide bonds. The van der Waals surface area contributed by atoms with Gasteiger partial charge < -0.3 is 10.3 Å². The molecule has 1 aliphatic carbocycles. The maximum absolute atomic E-state index is 12.2. The Labute approximate surface area is 115 Å². The Kier molecular flexibility index (Phi) is 4.03. The fraction of sp³-hybridized carbons (Fsp3) is 0.692. The number of rotatable bonds is 7. The number of aromatic nitrogens is 1. The molecule has 1 aromatic heterocycles. The first-order valence-electron chi connectivity index (χ1n) is 6.75. The van der Waals surface area contributed by atoms with Crippen LogP contribution in [0, 0.1) is 5.41 Å². The van der Waals surface area contributed by atoms with Gasteiger partial charge in [0.05, 0.1) is 4.90 Å². The summed E-state index contributed by atoms with van der Waals surface area (Å²) >= 11 is 0. The summed E-state index contributed by atoms with van der Waals surface area (Å²) in [5.41, 5.74) is 0.985. The zero-order valence-corrected chi connectivity index (χ0v) is 12.6. The molecule has 0 radical (unpaired) electrons. The van der Waals surface area contributed by atoms with Crippen LogP contribution < -0.4 is 10.0 Å². The second-order valence-electron chi connectivity index (χ2n) is 5.90. The number of hydrogen-bond acceptors (Lipinski definition) is 3. The quantitative estimate of drug-likeness (QED) is 0.666. The largest absolute Gasteiger partial charge is 0.363 e. The second kappa shape index (κ2) is 5.26. The topological polar surface area (TPSA) is 74.0 Å². The van der Waals surface area contributed by atoms with Crippen molar-refractivity contribution in [3.8, 4) is 0 Å². The van der Waals surface area contributed by atoms with Gasteiger partial charge in [0.2, 0.25) is 10.0 Å². The van der Waals surface area contributed by atoms with Crippen LogP contribution in [0.1, 0.15) is 39.3 Å². The molecular formula is C13H23N3O2S. The van der Waals surface area contributed by atoms with Crippen molar-refractivity contribution in [1.29, 1.82) is 0 Å². The average molecular weight is 285 g/mol. The SMILES string of the molecule is CCCNCc1cc(S(=O)(=O)NC2CC2(C)C)c[nH]1. The van der Waals surface area contributed by atoms with Gasteiger partial charge in [-0.05, 0) is 30.9 Å². The summed E-state index contributed by atoms with van der Waals surface area (Å²) in [6.45, 7) is 7.82. The standard InChI is InChI=1S/C13H23N3O2S/c1-4-5-14-8-10-6-11(9-15-10)19(17,18)16-12-7-13(12,2)3/h6,9,12,14-16H,4-5,7-8H2,1-3H3. The molecule has 6 heteroatoms. The number of aromatic amines is 1. The lowest BCUT2D eigenvalue weighted by molar-refractivity contribution is 0.555. The van der Waals surface area contributed by atoms with Crippen LogP contribution in [0.2, 0.25) is 0 Å². The van der Waals surface area contributed by atoms with Crippen molar-refractivity contribution in [3.63, 3.8) is 0 Å². The van der Waals surface area contributed by atoms with E-state index in [0.717, 1.165) is 25.1 Å². The Balaban J connectivity index is 1.97. The Morgan fingerprint density at radius 3 is 2.74 bits per heavy atom. The number of nitrogens with one attached hydrogen (secondary N) is 3. The van der Waals surface area contributed by atoms with Crippen LogP contribution in [0.3, 0.4) is 0 Å². The molecule has 1 fully saturated rings. The number of H-pyrrole nitrogens is 1. The van der Waals surface area contributed by atoms with Gasteiger partial charge in [-0.3, -0.25) is 0 Å². The van der Waals surface area contributed by atoms with Crippen molar-refractivity contribution in [2.75, 3.05) is 6.54 Å². The minimum absolute atomic E-state index is 0.0640. The van der Waals surface area contributed by atoms with E-state index in [1.54, 1.807) is 12.3 Å². The van der Waals surface area contributed by atoms with Crippen molar-refractivity contribution in [2.24, 2.45) is 5.41 Å². The highest BCUT2D eigenvalue weighted by molar-refractivity contribution is 7.89. The third kappa shape index (κ3) is 3.58. The summed E-state index contributed by atoms with van der Waals surface area (Å²) in [5, 5.41) is 3.24. The first kappa shape index (κ1) is 14.6. The molecule has 0 spiro atoms. The van der Waals surface area contributed by atoms with E-state index in [2.05, 4.69) is 35.8 Å². The van der Waals surface area contributed by atoms with Gasteiger partial charge in [0.15, 0.2) is 0 Å². The van der Waals surface area contributed by atoms with Crippen LogP contribution in [0.4, 0.5) is 0 Å². The predicted octanol–water partition coefficient (Wildman–Crippen LogP) is 1.59. The normalized spacial score (nSPS) is 21.5. The van der Waals surface area contributed by atoms with Gasteiger partial charge in [-0.15, -0.1) is 0 Å². The Bertz CT molecular complexity index is 534. The molecule has 1 aliphatic rings. The van der Waals surface area contributed by atoms with E-state index in [1.807, 2.05) is 0 Å². The fourth-order valence-corrected chi connectivity index (χ4v) is 3.42. The summed E-state index contributed by atoms with van der Waals surface area (Å²) in [6.07, 6.45) is 3.52. The molecule has 0 aliphatic heterocycles. The monoisotopic (exact) mass is 285 g/mol. The van der Waals surface area contributed by atoms with Crippen molar-refractivity contribution in [1.82, 2.24) is 15.0 Å². The van der Waals surface area contributed by atoms with Gasteiger partial charge in [0.1, 0.15) is 0 Å². The van der Waals surface area contributed by atoms with E-state index in [4.69, 9.17) is 0 Å². The van der Waals surface area contributed by atoms with Crippen LogP contribution in [-0.2, 0) is 16.6 Å². The molecule has 2 rings (SSSR count). The lowest BCUT2D eigenvalue weighted by Crippen LogP contribution is -2.28. The summed E-state index contributed by atoms with van der Waals surface area (Å²) < 4.78 is 27.1. The Hall–Kier alpha value is -0.850. The lowest BCUT2D eigenvalue weighted by atomic mass is 10.2. The molecule has 1 atom stereocenters. The van der Waals surface area contributed by atoms with Gasteiger partial charge >= 0.3 is 0 Å². The highest BCUT2D eigenvalue weighted by atomic mass is 32.2. The van der Waals surface area contributed by atoms with Gasteiger partial charge in [-0.2, -0.15) is 0 Å². The molecule has 0 bridgehead atoms. The molecule has 0 aromatic carbocycles. The van der Waals surface area contributed by atoms with Crippen LogP contribution in [0.5, 0.6) is 0 Å². The van der Waals surface area contributed by atoms with Crippen LogP contribution in [-0.4, -0.2) is 26.0 Å². The van der Waals surface area contributed by atoms with Gasteiger partial charge in [0.25, 0.3) is 0 Å². The maximum Gasteiger partial charge on any atom is 0.242 e. The van der Waals surface area contributed by atoms with E-state index in [0.29, 0.717) is 11.4 Å².